The molecule has 6 nitrogen and oxygen atoms in total. The van der Waals surface area contributed by atoms with Crippen LogP contribution in [0.25, 0.3) is 10.9 Å². The SMILES string of the molecule is CC(C)Nc1nc(C(C)O)cc2cnc(NC3CCCCC3)nc12. The summed E-state index contributed by atoms with van der Waals surface area (Å²) < 4.78 is 0. The Morgan fingerprint density at radius 3 is 2.54 bits per heavy atom. The molecular weight excluding hydrogens is 302 g/mol. The second-order valence-corrected chi connectivity index (χ2v) is 6.98. The van der Waals surface area contributed by atoms with Crippen molar-refractivity contribution in [1.29, 1.82) is 0 Å². The molecule has 0 aliphatic heterocycles. The highest BCUT2D eigenvalue weighted by Crippen LogP contribution is 2.26. The van der Waals surface area contributed by atoms with Crippen LogP contribution in [0.2, 0.25) is 0 Å². The van der Waals surface area contributed by atoms with Crippen molar-refractivity contribution in [3.05, 3.63) is 18.0 Å². The molecule has 6 heteroatoms. The molecule has 0 bridgehead atoms. The van der Waals surface area contributed by atoms with Gasteiger partial charge in [-0.15, -0.1) is 0 Å². The van der Waals surface area contributed by atoms with Gasteiger partial charge in [-0.3, -0.25) is 0 Å². The van der Waals surface area contributed by atoms with E-state index in [4.69, 9.17) is 4.98 Å². The van der Waals surface area contributed by atoms with E-state index in [-0.39, 0.29) is 6.04 Å². The van der Waals surface area contributed by atoms with Crippen LogP contribution in [0.3, 0.4) is 0 Å². The van der Waals surface area contributed by atoms with Crippen LogP contribution in [-0.2, 0) is 0 Å². The van der Waals surface area contributed by atoms with Crippen LogP contribution in [-0.4, -0.2) is 32.1 Å². The van der Waals surface area contributed by atoms with E-state index in [1.54, 1.807) is 6.92 Å². The Balaban J connectivity index is 1.95. The lowest BCUT2D eigenvalue weighted by molar-refractivity contribution is 0.194. The fourth-order valence-electron chi connectivity index (χ4n) is 3.15. The van der Waals surface area contributed by atoms with Crippen molar-refractivity contribution in [1.82, 2.24) is 15.0 Å². The van der Waals surface area contributed by atoms with Gasteiger partial charge in [0.2, 0.25) is 5.95 Å². The van der Waals surface area contributed by atoms with Gasteiger partial charge in [0.15, 0.2) is 5.82 Å². The summed E-state index contributed by atoms with van der Waals surface area (Å²) in [5, 5.41) is 17.6. The summed E-state index contributed by atoms with van der Waals surface area (Å²) in [6, 6.07) is 2.55. The molecule has 0 saturated heterocycles. The molecule has 1 unspecified atom stereocenters. The molecule has 0 aromatic carbocycles. The van der Waals surface area contributed by atoms with Crippen LogP contribution in [0.5, 0.6) is 0 Å². The van der Waals surface area contributed by atoms with Crippen molar-refractivity contribution in [2.45, 2.75) is 71.1 Å². The quantitative estimate of drug-likeness (QED) is 0.777. The highest BCUT2D eigenvalue weighted by Gasteiger charge is 2.16. The summed E-state index contributed by atoms with van der Waals surface area (Å²) in [6.45, 7) is 5.84. The topological polar surface area (TPSA) is 83.0 Å². The average molecular weight is 329 g/mol. The number of pyridine rings is 1. The van der Waals surface area contributed by atoms with Gasteiger partial charge in [-0.05, 0) is 39.7 Å². The van der Waals surface area contributed by atoms with Crippen molar-refractivity contribution >= 4 is 22.7 Å². The monoisotopic (exact) mass is 329 g/mol. The lowest BCUT2D eigenvalue weighted by Gasteiger charge is -2.23. The second-order valence-electron chi connectivity index (χ2n) is 6.98. The standard InChI is InChI=1S/C18H27N5O/c1-11(2)20-17-16-13(9-15(22-17)12(3)24)10-19-18(23-16)21-14-7-5-4-6-8-14/h9-12,14,24H,4-8H2,1-3H3,(H,20,22)(H,19,21,23). The van der Waals surface area contributed by atoms with Crippen molar-refractivity contribution in [3.8, 4) is 0 Å². The molecule has 0 amide bonds. The van der Waals surface area contributed by atoms with E-state index in [9.17, 15) is 5.11 Å². The van der Waals surface area contributed by atoms with E-state index in [1.807, 2.05) is 12.3 Å². The van der Waals surface area contributed by atoms with E-state index in [2.05, 4.69) is 34.4 Å². The lowest BCUT2D eigenvalue weighted by atomic mass is 9.96. The van der Waals surface area contributed by atoms with Gasteiger partial charge < -0.3 is 15.7 Å². The minimum absolute atomic E-state index is 0.231. The molecule has 1 aliphatic rings. The van der Waals surface area contributed by atoms with Crippen LogP contribution in [0.1, 0.15) is 64.7 Å². The maximum atomic E-state index is 9.87. The molecule has 0 radical (unpaired) electrons. The van der Waals surface area contributed by atoms with Crippen molar-refractivity contribution < 1.29 is 5.11 Å². The number of anilines is 2. The molecular formula is C18H27N5O. The van der Waals surface area contributed by atoms with Crippen LogP contribution < -0.4 is 10.6 Å². The second kappa shape index (κ2) is 7.30. The van der Waals surface area contributed by atoms with Crippen LogP contribution >= 0.6 is 0 Å². The Morgan fingerprint density at radius 1 is 1.12 bits per heavy atom. The number of rotatable bonds is 5. The summed E-state index contributed by atoms with van der Waals surface area (Å²) in [5.41, 5.74) is 1.42. The fourth-order valence-corrected chi connectivity index (χ4v) is 3.15. The maximum Gasteiger partial charge on any atom is 0.223 e. The number of fused-ring (bicyclic) bond motifs is 1. The van der Waals surface area contributed by atoms with Crippen LogP contribution in [0.15, 0.2) is 12.3 Å². The highest BCUT2D eigenvalue weighted by atomic mass is 16.3. The van der Waals surface area contributed by atoms with Crippen molar-refractivity contribution in [2.75, 3.05) is 10.6 Å². The van der Waals surface area contributed by atoms with Crippen molar-refractivity contribution in [3.63, 3.8) is 0 Å². The fraction of sp³-hybridized carbons (Fsp3) is 0.611. The predicted octanol–water partition coefficient (Wildman–Crippen LogP) is 3.64. The van der Waals surface area contributed by atoms with E-state index in [0.29, 0.717) is 23.5 Å². The van der Waals surface area contributed by atoms with E-state index >= 15 is 0 Å². The summed E-state index contributed by atoms with van der Waals surface area (Å²) in [5.74, 6) is 1.36. The van der Waals surface area contributed by atoms with Gasteiger partial charge in [-0.25, -0.2) is 15.0 Å². The number of hydrogen-bond donors (Lipinski definition) is 3. The first-order valence-electron chi connectivity index (χ1n) is 8.92. The number of hydrogen-bond acceptors (Lipinski definition) is 6. The molecule has 1 saturated carbocycles. The largest absolute Gasteiger partial charge is 0.387 e. The first-order valence-corrected chi connectivity index (χ1v) is 8.92. The van der Waals surface area contributed by atoms with Gasteiger partial charge in [0.05, 0.1) is 11.8 Å². The van der Waals surface area contributed by atoms with E-state index < -0.39 is 6.10 Å². The summed E-state index contributed by atoms with van der Waals surface area (Å²) in [4.78, 5) is 13.7. The van der Waals surface area contributed by atoms with Crippen LogP contribution in [0.4, 0.5) is 11.8 Å². The molecule has 24 heavy (non-hydrogen) atoms. The summed E-state index contributed by atoms with van der Waals surface area (Å²) in [6.07, 6.45) is 7.41. The van der Waals surface area contributed by atoms with Gasteiger partial charge in [0.25, 0.3) is 0 Å². The summed E-state index contributed by atoms with van der Waals surface area (Å²) in [7, 11) is 0. The molecule has 1 fully saturated rings. The highest BCUT2D eigenvalue weighted by molar-refractivity contribution is 5.89. The third-order valence-electron chi connectivity index (χ3n) is 4.38. The van der Waals surface area contributed by atoms with Gasteiger partial charge in [-0.2, -0.15) is 0 Å². The van der Waals surface area contributed by atoms with E-state index in [0.717, 1.165) is 10.9 Å². The molecule has 3 rings (SSSR count). The Bertz CT molecular complexity index is 695. The Labute approximate surface area is 143 Å². The average Bonchev–Trinajstić information content (AvgIpc) is 2.55. The van der Waals surface area contributed by atoms with E-state index in [1.165, 1.54) is 32.1 Å². The Kier molecular flexibility index (Phi) is 5.14. The van der Waals surface area contributed by atoms with Gasteiger partial charge >= 0.3 is 0 Å². The number of nitrogens with zero attached hydrogens (tertiary/aromatic N) is 3. The maximum absolute atomic E-state index is 9.87. The smallest absolute Gasteiger partial charge is 0.223 e. The number of aromatic nitrogens is 3. The zero-order valence-corrected chi connectivity index (χ0v) is 14.7. The Hall–Kier alpha value is -1.95. The molecule has 2 aromatic heterocycles. The van der Waals surface area contributed by atoms with Gasteiger partial charge in [0, 0.05) is 23.7 Å². The van der Waals surface area contributed by atoms with Crippen molar-refractivity contribution in [2.24, 2.45) is 0 Å². The van der Waals surface area contributed by atoms with Crippen LogP contribution in [0, 0.1) is 0 Å². The van der Waals surface area contributed by atoms with Gasteiger partial charge in [-0.1, -0.05) is 19.3 Å². The zero-order chi connectivity index (χ0) is 17.1. The molecule has 2 heterocycles. The molecule has 1 aliphatic carbocycles. The third-order valence-corrected chi connectivity index (χ3v) is 4.38. The molecule has 2 aromatic rings. The minimum atomic E-state index is -0.623. The number of aliphatic hydroxyl groups excluding tert-OH is 1. The molecule has 1 atom stereocenters. The zero-order valence-electron chi connectivity index (χ0n) is 14.7. The number of aliphatic hydroxyl groups is 1. The lowest BCUT2D eigenvalue weighted by Crippen LogP contribution is -2.23. The molecule has 130 valence electrons. The first kappa shape index (κ1) is 16.9. The third kappa shape index (κ3) is 3.93. The molecule has 3 N–H and O–H groups in total. The predicted molar refractivity (Wildman–Crippen MR) is 97.2 cm³/mol. The number of nitrogens with one attached hydrogen (secondary N) is 2. The normalized spacial score (nSPS) is 17.2. The Morgan fingerprint density at radius 2 is 1.88 bits per heavy atom. The van der Waals surface area contributed by atoms with Gasteiger partial charge in [0.1, 0.15) is 5.52 Å². The summed E-state index contributed by atoms with van der Waals surface area (Å²) >= 11 is 0. The molecule has 0 spiro atoms. The minimum Gasteiger partial charge on any atom is -0.387 e. The first-order chi connectivity index (χ1) is 11.5.